The van der Waals surface area contributed by atoms with Crippen LogP contribution in [0.1, 0.15) is 0 Å². The number of rotatable bonds is 4. The van der Waals surface area contributed by atoms with Gasteiger partial charge in [-0.25, -0.2) is 4.79 Å². The van der Waals surface area contributed by atoms with Crippen LogP contribution in [0.5, 0.6) is 0 Å². The van der Waals surface area contributed by atoms with Gasteiger partial charge in [-0.3, -0.25) is 14.3 Å². The summed E-state index contributed by atoms with van der Waals surface area (Å²) in [5, 5.41) is 3.19. The molecule has 0 radical (unpaired) electrons. The van der Waals surface area contributed by atoms with Crippen molar-refractivity contribution in [2.45, 2.75) is 6.54 Å². The number of aromatic nitrogens is 2. The van der Waals surface area contributed by atoms with Gasteiger partial charge >= 0.3 is 5.69 Å². The van der Waals surface area contributed by atoms with E-state index >= 15 is 0 Å². The van der Waals surface area contributed by atoms with Crippen LogP contribution in [0.25, 0.3) is 0 Å². The fourth-order valence-corrected chi connectivity index (χ4v) is 1.77. The maximum atomic E-state index is 11.4. The van der Waals surface area contributed by atoms with E-state index in [1.165, 1.54) is 16.8 Å². The number of anilines is 1. The lowest BCUT2D eigenvalue weighted by molar-refractivity contribution is 0.669. The van der Waals surface area contributed by atoms with Crippen LogP contribution in [0.4, 0.5) is 5.69 Å². The monoisotopic (exact) mass is 309 g/mol. The van der Waals surface area contributed by atoms with Gasteiger partial charge in [0.05, 0.1) is 0 Å². The number of hydrogen-bond donors (Lipinski definition) is 2. The summed E-state index contributed by atoms with van der Waals surface area (Å²) in [4.78, 5) is 24.5. The molecule has 0 amide bonds. The van der Waals surface area contributed by atoms with Gasteiger partial charge in [0.1, 0.15) is 0 Å². The van der Waals surface area contributed by atoms with Gasteiger partial charge in [0.25, 0.3) is 5.56 Å². The molecule has 1 heterocycles. The standard InChI is InChI=1S/C12H12BrN3O2/c13-9-1-3-10(4-2-9)14-6-8-16-7-5-11(17)15-12(16)18/h1-5,7,14H,6,8H2,(H,15,17,18). The fourth-order valence-electron chi connectivity index (χ4n) is 1.51. The molecule has 0 unspecified atom stereocenters. The van der Waals surface area contributed by atoms with E-state index in [-0.39, 0.29) is 11.2 Å². The summed E-state index contributed by atoms with van der Waals surface area (Å²) < 4.78 is 2.47. The highest BCUT2D eigenvalue weighted by Gasteiger charge is 1.96. The maximum Gasteiger partial charge on any atom is 0.328 e. The van der Waals surface area contributed by atoms with Crippen LogP contribution >= 0.6 is 15.9 Å². The molecule has 1 aromatic carbocycles. The lowest BCUT2D eigenvalue weighted by Crippen LogP contribution is -2.30. The fraction of sp³-hybridized carbons (Fsp3) is 0.167. The predicted molar refractivity (Wildman–Crippen MR) is 74.0 cm³/mol. The number of benzene rings is 1. The Labute approximate surface area is 112 Å². The van der Waals surface area contributed by atoms with E-state index < -0.39 is 0 Å². The number of halogens is 1. The van der Waals surface area contributed by atoms with Gasteiger partial charge in [0.2, 0.25) is 0 Å². The Bertz CT molecular complexity index is 631. The first-order valence-corrected chi connectivity index (χ1v) is 6.24. The normalized spacial score (nSPS) is 10.3. The summed E-state index contributed by atoms with van der Waals surface area (Å²) in [7, 11) is 0. The molecule has 0 bridgehead atoms. The SMILES string of the molecule is O=c1ccn(CCNc2ccc(Br)cc2)c(=O)[nH]1. The molecule has 0 saturated heterocycles. The van der Waals surface area contributed by atoms with E-state index in [2.05, 4.69) is 26.2 Å². The highest BCUT2D eigenvalue weighted by molar-refractivity contribution is 9.10. The van der Waals surface area contributed by atoms with Crippen molar-refractivity contribution in [1.82, 2.24) is 9.55 Å². The molecule has 5 nitrogen and oxygen atoms in total. The van der Waals surface area contributed by atoms with Crippen LogP contribution in [0.15, 0.2) is 50.6 Å². The molecule has 0 atom stereocenters. The summed E-state index contributed by atoms with van der Waals surface area (Å²) >= 11 is 3.36. The topological polar surface area (TPSA) is 66.9 Å². The smallest absolute Gasteiger partial charge is 0.328 e. The molecule has 0 spiro atoms. The number of nitrogens with zero attached hydrogens (tertiary/aromatic N) is 1. The van der Waals surface area contributed by atoms with Crippen molar-refractivity contribution in [2.75, 3.05) is 11.9 Å². The summed E-state index contributed by atoms with van der Waals surface area (Å²) in [6.45, 7) is 1.10. The second kappa shape index (κ2) is 5.68. The van der Waals surface area contributed by atoms with Crippen LogP contribution < -0.4 is 16.6 Å². The molecule has 0 saturated carbocycles. The molecule has 2 aromatic rings. The first-order valence-electron chi connectivity index (χ1n) is 5.44. The lowest BCUT2D eigenvalue weighted by atomic mass is 10.3. The Kier molecular flexibility index (Phi) is 3.99. The Balaban J connectivity index is 1.94. The zero-order valence-electron chi connectivity index (χ0n) is 9.52. The van der Waals surface area contributed by atoms with Gasteiger partial charge < -0.3 is 5.32 Å². The Morgan fingerprint density at radius 2 is 1.89 bits per heavy atom. The second-order valence-corrected chi connectivity index (χ2v) is 4.65. The van der Waals surface area contributed by atoms with Gasteiger partial charge in [-0.2, -0.15) is 0 Å². The molecule has 0 aliphatic heterocycles. The van der Waals surface area contributed by atoms with Crippen LogP contribution in [0.2, 0.25) is 0 Å². The van der Waals surface area contributed by atoms with E-state index in [0.717, 1.165) is 10.2 Å². The molecule has 0 aliphatic rings. The highest BCUT2D eigenvalue weighted by Crippen LogP contribution is 2.13. The summed E-state index contributed by atoms with van der Waals surface area (Å²) in [5.41, 5.74) is 0.216. The average molecular weight is 310 g/mol. The Morgan fingerprint density at radius 1 is 1.17 bits per heavy atom. The third kappa shape index (κ3) is 3.33. The predicted octanol–water partition coefficient (Wildman–Crippen LogP) is 1.41. The van der Waals surface area contributed by atoms with Crippen LogP contribution in [0.3, 0.4) is 0 Å². The largest absolute Gasteiger partial charge is 0.383 e. The third-order valence-electron chi connectivity index (χ3n) is 2.42. The molecule has 0 aliphatic carbocycles. The van der Waals surface area contributed by atoms with Gasteiger partial charge in [-0.15, -0.1) is 0 Å². The van der Waals surface area contributed by atoms with E-state index in [0.29, 0.717) is 13.1 Å². The molecule has 94 valence electrons. The molecule has 0 fully saturated rings. The quantitative estimate of drug-likeness (QED) is 0.897. The van der Waals surface area contributed by atoms with Gasteiger partial charge in [-0.05, 0) is 24.3 Å². The second-order valence-electron chi connectivity index (χ2n) is 3.74. The third-order valence-corrected chi connectivity index (χ3v) is 2.95. The molecule has 18 heavy (non-hydrogen) atoms. The van der Waals surface area contributed by atoms with Crippen molar-refractivity contribution >= 4 is 21.6 Å². The van der Waals surface area contributed by atoms with Crippen molar-refractivity contribution in [3.05, 3.63) is 61.8 Å². The summed E-state index contributed by atoms with van der Waals surface area (Å²) in [6.07, 6.45) is 1.49. The van der Waals surface area contributed by atoms with Gasteiger partial charge in [0.15, 0.2) is 0 Å². The van der Waals surface area contributed by atoms with Gasteiger partial charge in [-0.1, -0.05) is 15.9 Å². The highest BCUT2D eigenvalue weighted by atomic mass is 79.9. The molecule has 1 aromatic heterocycles. The number of aromatic amines is 1. The summed E-state index contributed by atoms with van der Waals surface area (Å²) in [5.74, 6) is 0. The lowest BCUT2D eigenvalue weighted by Gasteiger charge is -2.07. The molecule has 6 heteroatoms. The number of hydrogen-bond acceptors (Lipinski definition) is 3. The van der Waals surface area contributed by atoms with E-state index in [1.807, 2.05) is 24.3 Å². The first kappa shape index (κ1) is 12.6. The van der Waals surface area contributed by atoms with E-state index in [9.17, 15) is 9.59 Å². The zero-order valence-corrected chi connectivity index (χ0v) is 11.1. The summed E-state index contributed by atoms with van der Waals surface area (Å²) in [6, 6.07) is 9.10. The van der Waals surface area contributed by atoms with Crippen molar-refractivity contribution < 1.29 is 0 Å². The average Bonchev–Trinajstić information content (AvgIpc) is 2.34. The minimum Gasteiger partial charge on any atom is -0.383 e. The van der Waals surface area contributed by atoms with E-state index in [4.69, 9.17) is 0 Å². The van der Waals surface area contributed by atoms with Crippen molar-refractivity contribution in [3.63, 3.8) is 0 Å². The van der Waals surface area contributed by atoms with Crippen LogP contribution in [-0.2, 0) is 6.54 Å². The molecular weight excluding hydrogens is 298 g/mol. The van der Waals surface area contributed by atoms with Crippen LogP contribution in [-0.4, -0.2) is 16.1 Å². The van der Waals surface area contributed by atoms with E-state index in [1.54, 1.807) is 0 Å². The first-order chi connectivity index (χ1) is 8.65. The Hall–Kier alpha value is -1.82. The van der Waals surface area contributed by atoms with Crippen LogP contribution in [0, 0.1) is 0 Å². The van der Waals surface area contributed by atoms with Gasteiger partial charge in [0, 0.05) is 35.5 Å². The molecule has 2 N–H and O–H groups in total. The maximum absolute atomic E-state index is 11.4. The number of H-pyrrole nitrogens is 1. The van der Waals surface area contributed by atoms with Crippen molar-refractivity contribution in [2.24, 2.45) is 0 Å². The minimum absolute atomic E-state index is 0.378. The zero-order chi connectivity index (χ0) is 13.0. The van der Waals surface area contributed by atoms with Crippen molar-refractivity contribution in [1.29, 1.82) is 0 Å². The Morgan fingerprint density at radius 3 is 2.56 bits per heavy atom. The number of nitrogens with one attached hydrogen (secondary N) is 2. The minimum atomic E-state index is -0.389. The molecule has 2 rings (SSSR count). The van der Waals surface area contributed by atoms with Crippen molar-refractivity contribution in [3.8, 4) is 0 Å². The molecular formula is C12H12BrN3O2.